The third-order valence-corrected chi connectivity index (χ3v) is 3.37. The number of unbranched alkanes of at least 4 members (excludes halogenated alkanes) is 10. The zero-order valence-corrected chi connectivity index (χ0v) is 15.1. The number of ketones is 1. The maximum absolute atomic E-state index is 11.1. The van der Waals surface area contributed by atoms with Gasteiger partial charge in [-0.1, -0.05) is 71.1 Å². The Morgan fingerprint density at radius 1 is 0.842 bits per heavy atom. The average molecular weight is 278 g/mol. The van der Waals surface area contributed by atoms with E-state index in [2.05, 4.69) is 6.92 Å². The Hall–Kier alpha value is 0.340. The van der Waals surface area contributed by atoms with Gasteiger partial charge in [0, 0.05) is 6.42 Å². The first-order valence-electron chi connectivity index (χ1n) is 7.76. The van der Waals surface area contributed by atoms with Gasteiger partial charge in [0.15, 0.2) is 0 Å². The van der Waals surface area contributed by atoms with E-state index in [0.717, 1.165) is 12.8 Å². The van der Waals surface area contributed by atoms with Crippen LogP contribution in [0.2, 0.25) is 0 Å². The molecular weight excluding hydrogens is 247 g/mol. The van der Waals surface area contributed by atoms with Gasteiger partial charge in [-0.15, -0.1) is 0 Å². The van der Waals surface area contributed by atoms with E-state index in [1.165, 1.54) is 57.8 Å². The van der Waals surface area contributed by atoms with Crippen molar-refractivity contribution in [3.05, 3.63) is 0 Å². The van der Waals surface area contributed by atoms with Crippen molar-refractivity contribution in [2.75, 3.05) is 0 Å². The molecule has 3 heteroatoms. The van der Waals surface area contributed by atoms with Crippen molar-refractivity contribution < 1.29 is 40.6 Å². The zero-order valence-electron chi connectivity index (χ0n) is 14.1. The monoisotopic (exact) mass is 278 g/mol. The van der Waals surface area contributed by atoms with Crippen molar-refractivity contribution in [1.29, 1.82) is 0 Å². The summed E-state index contributed by atoms with van der Waals surface area (Å²) in [5.74, 6) is 0.0981. The number of Topliss-reactive ketones (excluding diaryl/α,β-unsaturated/α-hetero) is 1. The molecule has 108 valence electrons. The van der Waals surface area contributed by atoms with Gasteiger partial charge in [0.2, 0.25) is 0 Å². The molecule has 0 fully saturated rings. The van der Waals surface area contributed by atoms with E-state index in [1.54, 1.807) is 0 Å². The number of carbonyl (C=O) groups is 2. The van der Waals surface area contributed by atoms with Gasteiger partial charge in [-0.25, -0.2) is 0 Å². The van der Waals surface area contributed by atoms with Gasteiger partial charge < -0.3 is 6.22 Å². The van der Waals surface area contributed by atoms with E-state index in [1.807, 2.05) is 0 Å². The summed E-state index contributed by atoms with van der Waals surface area (Å²) in [6, 6.07) is 0. The largest absolute Gasteiger partial charge is 1.00 e. The maximum Gasteiger partial charge on any atom is 1.00 e. The molecule has 2 nitrogen and oxygen atoms in total. The van der Waals surface area contributed by atoms with Crippen LogP contribution < -0.4 is 29.6 Å². The average Bonchev–Trinajstić information content (AvgIpc) is 2.36. The molecule has 0 atom stereocenters. The minimum atomic E-state index is 0. The quantitative estimate of drug-likeness (QED) is 0.211. The standard InChI is InChI=1S/C16H30O2.Na.H/c1-2-3-4-5-6-7-8-9-10-11-12-13-16(18)14-15-17;;/h15H,2-14H2,1H3;;/q;+1;-1. The van der Waals surface area contributed by atoms with E-state index in [9.17, 15) is 9.59 Å². The van der Waals surface area contributed by atoms with Crippen molar-refractivity contribution in [2.45, 2.75) is 90.4 Å². The Labute approximate surface area is 142 Å². The molecule has 0 aromatic rings. The van der Waals surface area contributed by atoms with Gasteiger partial charge in [-0.05, 0) is 6.42 Å². The molecular formula is C16H31NaO2. The van der Waals surface area contributed by atoms with Crippen molar-refractivity contribution in [2.24, 2.45) is 0 Å². The molecule has 19 heavy (non-hydrogen) atoms. The fourth-order valence-corrected chi connectivity index (χ4v) is 2.18. The maximum atomic E-state index is 11.1. The van der Waals surface area contributed by atoms with Gasteiger partial charge in [-0.3, -0.25) is 4.79 Å². The minimum absolute atomic E-state index is 0. The predicted molar refractivity (Wildman–Crippen MR) is 77.9 cm³/mol. The van der Waals surface area contributed by atoms with E-state index in [-0.39, 0.29) is 43.2 Å². The van der Waals surface area contributed by atoms with Crippen LogP contribution in [0.15, 0.2) is 0 Å². The molecule has 0 aliphatic rings. The van der Waals surface area contributed by atoms with Gasteiger partial charge >= 0.3 is 29.6 Å². The normalized spacial score (nSPS) is 9.95. The minimum Gasteiger partial charge on any atom is -1.00 e. The van der Waals surface area contributed by atoms with E-state index in [4.69, 9.17) is 0 Å². The topological polar surface area (TPSA) is 34.1 Å². The number of aldehydes is 1. The first-order chi connectivity index (χ1) is 8.81. The summed E-state index contributed by atoms with van der Waals surface area (Å²) in [4.78, 5) is 21.2. The van der Waals surface area contributed by atoms with Crippen molar-refractivity contribution in [3.63, 3.8) is 0 Å². The second-order valence-corrected chi connectivity index (χ2v) is 5.19. The number of carbonyl (C=O) groups excluding carboxylic acids is 2. The van der Waals surface area contributed by atoms with Crippen LogP contribution in [0, 0.1) is 0 Å². The molecule has 0 aromatic carbocycles. The summed E-state index contributed by atoms with van der Waals surface area (Å²) in [6.45, 7) is 2.25. The Kier molecular flexibility index (Phi) is 20.9. The molecule has 0 saturated heterocycles. The van der Waals surface area contributed by atoms with E-state index >= 15 is 0 Å². The van der Waals surface area contributed by atoms with Crippen LogP contribution in [0.3, 0.4) is 0 Å². The Morgan fingerprint density at radius 2 is 1.26 bits per heavy atom. The molecule has 0 rings (SSSR count). The molecule has 0 unspecified atom stereocenters. The summed E-state index contributed by atoms with van der Waals surface area (Å²) in [7, 11) is 0. The second-order valence-electron chi connectivity index (χ2n) is 5.19. The fraction of sp³-hybridized carbons (Fsp3) is 0.875. The first-order valence-corrected chi connectivity index (χ1v) is 7.76. The molecule has 0 aromatic heterocycles. The summed E-state index contributed by atoms with van der Waals surface area (Å²) in [6.07, 6.45) is 15.7. The molecule has 0 spiro atoms. The summed E-state index contributed by atoms with van der Waals surface area (Å²) in [5, 5.41) is 0. The molecule has 0 bridgehead atoms. The van der Waals surface area contributed by atoms with Crippen LogP contribution in [-0.4, -0.2) is 12.1 Å². The molecule has 0 heterocycles. The summed E-state index contributed by atoms with van der Waals surface area (Å²) < 4.78 is 0. The molecule has 0 radical (unpaired) electrons. The third kappa shape index (κ3) is 18.3. The first kappa shape index (κ1) is 21.6. The predicted octanol–water partition coefficient (Wildman–Crippen LogP) is 1.96. The van der Waals surface area contributed by atoms with E-state index in [0.29, 0.717) is 12.7 Å². The number of rotatable bonds is 14. The second kappa shape index (κ2) is 18.3. The molecule has 0 saturated carbocycles. The molecule has 0 N–H and O–H groups in total. The van der Waals surface area contributed by atoms with Gasteiger partial charge in [0.25, 0.3) is 0 Å². The van der Waals surface area contributed by atoms with Crippen molar-refractivity contribution in [3.8, 4) is 0 Å². The Balaban J connectivity index is -0.00000144. The molecule has 0 aliphatic carbocycles. The summed E-state index contributed by atoms with van der Waals surface area (Å²) >= 11 is 0. The van der Waals surface area contributed by atoms with Crippen LogP contribution in [-0.2, 0) is 9.59 Å². The van der Waals surface area contributed by atoms with Crippen molar-refractivity contribution >= 4 is 12.1 Å². The Bertz CT molecular complexity index is 211. The number of hydrogen-bond donors (Lipinski definition) is 0. The van der Waals surface area contributed by atoms with Gasteiger partial charge in [-0.2, -0.15) is 0 Å². The molecule has 0 aliphatic heterocycles. The van der Waals surface area contributed by atoms with Gasteiger partial charge in [0.1, 0.15) is 12.1 Å². The fourth-order valence-electron chi connectivity index (χ4n) is 2.18. The van der Waals surface area contributed by atoms with E-state index < -0.39 is 0 Å². The third-order valence-electron chi connectivity index (χ3n) is 3.37. The molecule has 0 amide bonds. The smallest absolute Gasteiger partial charge is 1.00 e. The van der Waals surface area contributed by atoms with Crippen molar-refractivity contribution in [1.82, 2.24) is 0 Å². The Morgan fingerprint density at radius 3 is 1.68 bits per heavy atom. The van der Waals surface area contributed by atoms with Crippen LogP contribution in [0.4, 0.5) is 0 Å². The summed E-state index contributed by atoms with van der Waals surface area (Å²) in [5.41, 5.74) is 0. The number of hydrogen-bond acceptors (Lipinski definition) is 2. The zero-order chi connectivity index (χ0) is 13.5. The van der Waals surface area contributed by atoms with Crippen LogP contribution in [0.1, 0.15) is 91.8 Å². The SMILES string of the molecule is CCCCCCCCCCCCCC(=O)CC=O.[H-].[Na+]. The van der Waals surface area contributed by atoms with Gasteiger partial charge in [0.05, 0.1) is 6.42 Å². The van der Waals surface area contributed by atoms with Crippen LogP contribution >= 0.6 is 0 Å². The van der Waals surface area contributed by atoms with Crippen LogP contribution in [0.5, 0.6) is 0 Å². The van der Waals surface area contributed by atoms with Crippen LogP contribution in [0.25, 0.3) is 0 Å².